The van der Waals surface area contributed by atoms with E-state index in [9.17, 15) is 4.39 Å². The molecule has 0 saturated carbocycles. The van der Waals surface area contributed by atoms with E-state index >= 15 is 0 Å². The highest BCUT2D eigenvalue weighted by molar-refractivity contribution is 5.31. The minimum atomic E-state index is -0.276. The molecule has 0 aliphatic heterocycles. The molecule has 0 aliphatic rings. The quantitative estimate of drug-likeness (QED) is 0.882. The Balaban J connectivity index is 2.10. The molecule has 0 heterocycles. The normalized spacial score (nSPS) is 12.2. The first-order valence-electron chi connectivity index (χ1n) is 7.21. The fraction of sp³-hybridized carbons (Fsp3) is 0.333. The van der Waals surface area contributed by atoms with E-state index in [1.807, 2.05) is 6.07 Å². The number of methoxy groups -OCH3 is 1. The summed E-state index contributed by atoms with van der Waals surface area (Å²) in [6, 6.07) is 13.7. The van der Waals surface area contributed by atoms with Crippen molar-refractivity contribution < 1.29 is 9.13 Å². The molecule has 0 aliphatic carbocycles. The smallest absolute Gasteiger partial charge is 0.168 e. The number of benzene rings is 2. The van der Waals surface area contributed by atoms with Gasteiger partial charge in [0, 0.05) is 0 Å². The van der Waals surface area contributed by atoms with Gasteiger partial charge in [-0.3, -0.25) is 0 Å². The van der Waals surface area contributed by atoms with Gasteiger partial charge >= 0.3 is 0 Å². The van der Waals surface area contributed by atoms with Gasteiger partial charge in [0.15, 0.2) is 11.6 Å². The number of aryl methyl sites for hydroxylation is 1. The zero-order valence-electron chi connectivity index (χ0n) is 12.6. The molecule has 0 saturated heterocycles. The summed E-state index contributed by atoms with van der Waals surface area (Å²) >= 11 is 0. The van der Waals surface area contributed by atoms with Gasteiger partial charge in [0.05, 0.1) is 7.11 Å². The van der Waals surface area contributed by atoms with Gasteiger partial charge in [0.25, 0.3) is 0 Å². The molecule has 1 unspecified atom stereocenters. The Morgan fingerprint density at radius 2 is 1.81 bits per heavy atom. The van der Waals surface area contributed by atoms with Crippen LogP contribution in [0.1, 0.15) is 16.7 Å². The standard InChI is InChI=1S/C18H22FNO/c1-13-6-8-14(9-7-13)10-15(12-20)11-16-4-3-5-17(21-2)18(16)19/h3-9,15H,10-12,20H2,1-2H3. The topological polar surface area (TPSA) is 35.2 Å². The van der Waals surface area contributed by atoms with Crippen molar-refractivity contribution in [2.75, 3.05) is 13.7 Å². The van der Waals surface area contributed by atoms with E-state index in [1.165, 1.54) is 18.2 Å². The predicted molar refractivity (Wildman–Crippen MR) is 84.1 cm³/mol. The lowest BCUT2D eigenvalue weighted by molar-refractivity contribution is 0.382. The van der Waals surface area contributed by atoms with Gasteiger partial charge in [-0.25, -0.2) is 4.39 Å². The summed E-state index contributed by atoms with van der Waals surface area (Å²) in [7, 11) is 1.48. The first-order chi connectivity index (χ1) is 10.1. The van der Waals surface area contributed by atoms with Crippen LogP contribution in [-0.4, -0.2) is 13.7 Å². The summed E-state index contributed by atoms with van der Waals surface area (Å²) in [5, 5.41) is 0. The third-order valence-corrected chi connectivity index (χ3v) is 3.75. The fourth-order valence-corrected chi connectivity index (χ4v) is 2.48. The van der Waals surface area contributed by atoms with E-state index in [0.29, 0.717) is 24.3 Å². The van der Waals surface area contributed by atoms with E-state index in [2.05, 4.69) is 31.2 Å². The highest BCUT2D eigenvalue weighted by atomic mass is 19.1. The van der Waals surface area contributed by atoms with Crippen LogP contribution < -0.4 is 10.5 Å². The number of ether oxygens (including phenoxy) is 1. The van der Waals surface area contributed by atoms with Crippen LogP contribution in [0.4, 0.5) is 4.39 Å². The van der Waals surface area contributed by atoms with Gasteiger partial charge in [-0.2, -0.15) is 0 Å². The Labute approximate surface area is 125 Å². The summed E-state index contributed by atoms with van der Waals surface area (Å²) in [5.41, 5.74) is 9.00. The van der Waals surface area contributed by atoms with Crippen molar-refractivity contribution in [3.8, 4) is 5.75 Å². The molecule has 0 spiro atoms. The highest BCUT2D eigenvalue weighted by Crippen LogP contribution is 2.23. The number of hydrogen-bond donors (Lipinski definition) is 1. The molecule has 1 atom stereocenters. The molecular weight excluding hydrogens is 265 g/mol. The summed E-state index contributed by atoms with van der Waals surface area (Å²) in [6.07, 6.45) is 1.47. The Morgan fingerprint density at radius 3 is 2.43 bits per heavy atom. The Bertz CT molecular complexity index is 580. The third kappa shape index (κ3) is 4.05. The van der Waals surface area contributed by atoms with E-state index < -0.39 is 0 Å². The van der Waals surface area contributed by atoms with Gasteiger partial charge in [-0.05, 0) is 49.4 Å². The minimum absolute atomic E-state index is 0.217. The minimum Gasteiger partial charge on any atom is -0.494 e. The van der Waals surface area contributed by atoms with Crippen LogP contribution in [0.15, 0.2) is 42.5 Å². The second-order valence-corrected chi connectivity index (χ2v) is 5.43. The van der Waals surface area contributed by atoms with E-state index in [-0.39, 0.29) is 11.7 Å². The maximum absolute atomic E-state index is 14.2. The molecule has 0 amide bonds. The molecule has 3 heteroatoms. The van der Waals surface area contributed by atoms with Crippen molar-refractivity contribution in [2.45, 2.75) is 19.8 Å². The van der Waals surface area contributed by atoms with Crippen molar-refractivity contribution in [1.29, 1.82) is 0 Å². The van der Waals surface area contributed by atoms with Crippen molar-refractivity contribution >= 4 is 0 Å². The van der Waals surface area contributed by atoms with Crippen LogP contribution in [-0.2, 0) is 12.8 Å². The molecule has 0 fully saturated rings. The number of hydrogen-bond acceptors (Lipinski definition) is 2. The van der Waals surface area contributed by atoms with Gasteiger partial charge in [0.2, 0.25) is 0 Å². The molecule has 0 aromatic heterocycles. The Morgan fingerprint density at radius 1 is 1.10 bits per heavy atom. The van der Waals surface area contributed by atoms with Crippen molar-refractivity contribution in [3.63, 3.8) is 0 Å². The lowest BCUT2D eigenvalue weighted by atomic mass is 9.92. The average Bonchev–Trinajstić information content (AvgIpc) is 2.50. The molecule has 0 radical (unpaired) electrons. The highest BCUT2D eigenvalue weighted by Gasteiger charge is 2.14. The number of nitrogens with two attached hydrogens (primary N) is 1. The van der Waals surface area contributed by atoms with Crippen LogP contribution in [0.3, 0.4) is 0 Å². The largest absolute Gasteiger partial charge is 0.494 e. The molecule has 2 N–H and O–H groups in total. The van der Waals surface area contributed by atoms with E-state index in [4.69, 9.17) is 10.5 Å². The van der Waals surface area contributed by atoms with Gasteiger partial charge < -0.3 is 10.5 Å². The average molecular weight is 287 g/mol. The zero-order chi connectivity index (χ0) is 15.2. The van der Waals surface area contributed by atoms with E-state index in [1.54, 1.807) is 12.1 Å². The Hall–Kier alpha value is -1.87. The SMILES string of the molecule is COc1cccc(CC(CN)Cc2ccc(C)cc2)c1F. The van der Waals surface area contributed by atoms with Crippen molar-refractivity contribution in [3.05, 3.63) is 65.0 Å². The maximum atomic E-state index is 14.2. The molecule has 0 bridgehead atoms. The predicted octanol–water partition coefficient (Wildman–Crippen LogP) is 3.50. The molecule has 2 aromatic rings. The van der Waals surface area contributed by atoms with Gasteiger partial charge in [0.1, 0.15) is 0 Å². The fourth-order valence-electron chi connectivity index (χ4n) is 2.48. The molecular formula is C18H22FNO. The maximum Gasteiger partial charge on any atom is 0.168 e. The van der Waals surface area contributed by atoms with Gasteiger partial charge in [-0.1, -0.05) is 42.0 Å². The second kappa shape index (κ2) is 7.23. The zero-order valence-corrected chi connectivity index (χ0v) is 12.6. The van der Waals surface area contributed by atoms with Crippen LogP contribution >= 0.6 is 0 Å². The first kappa shape index (κ1) is 15.5. The van der Waals surface area contributed by atoms with Gasteiger partial charge in [-0.15, -0.1) is 0 Å². The number of halogens is 1. The lowest BCUT2D eigenvalue weighted by Crippen LogP contribution is -2.20. The lowest BCUT2D eigenvalue weighted by Gasteiger charge is -2.16. The molecule has 2 aromatic carbocycles. The molecule has 21 heavy (non-hydrogen) atoms. The number of rotatable bonds is 6. The monoisotopic (exact) mass is 287 g/mol. The van der Waals surface area contributed by atoms with Crippen molar-refractivity contribution in [2.24, 2.45) is 11.7 Å². The second-order valence-electron chi connectivity index (χ2n) is 5.43. The summed E-state index contributed by atoms with van der Waals surface area (Å²) in [4.78, 5) is 0. The summed E-state index contributed by atoms with van der Waals surface area (Å²) < 4.78 is 19.2. The van der Waals surface area contributed by atoms with Crippen LogP contribution in [0.25, 0.3) is 0 Å². The Kier molecular flexibility index (Phi) is 5.34. The molecule has 2 rings (SSSR count). The van der Waals surface area contributed by atoms with Crippen LogP contribution in [0.2, 0.25) is 0 Å². The van der Waals surface area contributed by atoms with Crippen LogP contribution in [0, 0.1) is 18.7 Å². The summed E-state index contributed by atoms with van der Waals surface area (Å²) in [6.45, 7) is 2.60. The van der Waals surface area contributed by atoms with E-state index in [0.717, 1.165) is 6.42 Å². The first-order valence-corrected chi connectivity index (χ1v) is 7.21. The van der Waals surface area contributed by atoms with Crippen molar-refractivity contribution in [1.82, 2.24) is 0 Å². The molecule has 2 nitrogen and oxygen atoms in total. The third-order valence-electron chi connectivity index (χ3n) is 3.75. The van der Waals surface area contributed by atoms with Crippen LogP contribution in [0.5, 0.6) is 5.75 Å². The molecule has 112 valence electrons. The summed E-state index contributed by atoms with van der Waals surface area (Å²) in [5.74, 6) is 0.232.